The smallest absolute Gasteiger partial charge is 0.503 e. The second-order valence-electron chi connectivity index (χ2n) is 3.53. The van der Waals surface area contributed by atoms with Gasteiger partial charge >= 0.3 is 9.53 Å². The van der Waals surface area contributed by atoms with Crippen LogP contribution in [0.5, 0.6) is 5.75 Å². The van der Waals surface area contributed by atoms with Crippen LogP contribution < -0.4 is 4.43 Å². The Morgan fingerprint density at radius 1 is 0.882 bits per heavy atom. The standard InChI is InChI=1S/C13H14O3Si/c14-17(16-13-9-5-2-6-10-13)15-11-12-7-3-1-4-8-12/h1-10,14,17H,11H2. The van der Waals surface area contributed by atoms with Gasteiger partial charge in [-0.25, -0.2) is 0 Å². The van der Waals surface area contributed by atoms with E-state index in [9.17, 15) is 4.80 Å². The first-order valence-corrected chi connectivity index (χ1v) is 6.86. The number of hydrogen-bond donors (Lipinski definition) is 1. The zero-order chi connectivity index (χ0) is 11.9. The van der Waals surface area contributed by atoms with Gasteiger partial charge in [0.15, 0.2) is 0 Å². The molecule has 2 aromatic rings. The fourth-order valence-electron chi connectivity index (χ4n) is 1.39. The molecule has 88 valence electrons. The maximum Gasteiger partial charge on any atom is 0.547 e. The molecule has 0 radical (unpaired) electrons. The molecule has 0 aliphatic rings. The van der Waals surface area contributed by atoms with Gasteiger partial charge in [0.05, 0.1) is 6.61 Å². The largest absolute Gasteiger partial charge is 0.547 e. The molecular formula is C13H14O3Si. The molecule has 1 N–H and O–H groups in total. The van der Waals surface area contributed by atoms with Crippen molar-refractivity contribution in [3.63, 3.8) is 0 Å². The van der Waals surface area contributed by atoms with E-state index in [1.807, 2.05) is 48.5 Å². The van der Waals surface area contributed by atoms with Crippen LogP contribution in [0.15, 0.2) is 60.7 Å². The van der Waals surface area contributed by atoms with E-state index in [0.717, 1.165) is 5.56 Å². The lowest BCUT2D eigenvalue weighted by atomic mass is 10.2. The van der Waals surface area contributed by atoms with Gasteiger partial charge in [-0.2, -0.15) is 0 Å². The Morgan fingerprint density at radius 2 is 1.47 bits per heavy atom. The van der Waals surface area contributed by atoms with E-state index in [1.54, 1.807) is 12.1 Å². The summed E-state index contributed by atoms with van der Waals surface area (Å²) in [6.07, 6.45) is 0. The fourth-order valence-corrected chi connectivity index (χ4v) is 2.18. The molecule has 0 aliphatic carbocycles. The molecule has 0 bridgehead atoms. The third-order valence-corrected chi connectivity index (χ3v) is 3.14. The average Bonchev–Trinajstić information content (AvgIpc) is 2.39. The van der Waals surface area contributed by atoms with Crippen molar-refractivity contribution >= 4 is 9.53 Å². The van der Waals surface area contributed by atoms with Gasteiger partial charge in [-0.05, 0) is 17.7 Å². The number of benzene rings is 2. The van der Waals surface area contributed by atoms with Crippen LogP contribution in [-0.4, -0.2) is 14.3 Å². The molecule has 0 aromatic heterocycles. The minimum atomic E-state index is -2.60. The van der Waals surface area contributed by atoms with Crippen LogP contribution in [0.25, 0.3) is 0 Å². The lowest BCUT2D eigenvalue weighted by Gasteiger charge is -2.11. The summed E-state index contributed by atoms with van der Waals surface area (Å²) in [6, 6.07) is 18.9. The molecule has 4 heteroatoms. The minimum absolute atomic E-state index is 0.376. The van der Waals surface area contributed by atoms with Gasteiger partial charge in [-0.1, -0.05) is 48.5 Å². The van der Waals surface area contributed by atoms with Crippen LogP contribution in [0, 0.1) is 0 Å². The van der Waals surface area contributed by atoms with E-state index in [0.29, 0.717) is 12.4 Å². The van der Waals surface area contributed by atoms with Crippen LogP contribution in [0.1, 0.15) is 5.56 Å². The summed E-state index contributed by atoms with van der Waals surface area (Å²) in [5, 5.41) is 0. The van der Waals surface area contributed by atoms with Gasteiger partial charge in [0, 0.05) is 0 Å². The molecule has 0 heterocycles. The van der Waals surface area contributed by atoms with Crippen LogP contribution in [0.4, 0.5) is 0 Å². The fraction of sp³-hybridized carbons (Fsp3) is 0.0769. The molecule has 1 atom stereocenters. The van der Waals surface area contributed by atoms with Crippen molar-refractivity contribution < 1.29 is 13.6 Å². The monoisotopic (exact) mass is 246 g/mol. The maximum absolute atomic E-state index is 9.66. The summed E-state index contributed by atoms with van der Waals surface area (Å²) in [5.41, 5.74) is 1.02. The summed E-state index contributed by atoms with van der Waals surface area (Å²) in [4.78, 5) is 9.66. The Balaban J connectivity index is 1.80. The Bertz CT molecular complexity index is 433. The molecule has 0 saturated heterocycles. The van der Waals surface area contributed by atoms with Gasteiger partial charge in [-0.15, -0.1) is 0 Å². The zero-order valence-electron chi connectivity index (χ0n) is 9.32. The van der Waals surface area contributed by atoms with E-state index in [4.69, 9.17) is 8.85 Å². The third kappa shape index (κ3) is 4.03. The molecule has 0 aliphatic heterocycles. The first kappa shape index (κ1) is 11.9. The van der Waals surface area contributed by atoms with Crippen molar-refractivity contribution in [2.75, 3.05) is 0 Å². The number of rotatable bonds is 5. The van der Waals surface area contributed by atoms with E-state index in [2.05, 4.69) is 0 Å². The molecule has 0 fully saturated rings. The molecule has 0 amide bonds. The predicted molar refractivity (Wildman–Crippen MR) is 67.7 cm³/mol. The molecule has 2 aromatic carbocycles. The van der Waals surface area contributed by atoms with Crippen molar-refractivity contribution in [1.82, 2.24) is 0 Å². The second-order valence-corrected chi connectivity index (χ2v) is 4.72. The van der Waals surface area contributed by atoms with E-state index >= 15 is 0 Å². The molecule has 2 rings (SSSR count). The Hall–Kier alpha value is -1.62. The van der Waals surface area contributed by atoms with Crippen LogP contribution in [0.3, 0.4) is 0 Å². The Labute approximate surface area is 102 Å². The topological polar surface area (TPSA) is 38.7 Å². The lowest BCUT2D eigenvalue weighted by molar-refractivity contribution is 0.184. The molecular weight excluding hydrogens is 232 g/mol. The van der Waals surface area contributed by atoms with Gasteiger partial charge in [0.25, 0.3) is 0 Å². The summed E-state index contributed by atoms with van der Waals surface area (Å²) in [7, 11) is -2.60. The summed E-state index contributed by atoms with van der Waals surface area (Å²) in [5.74, 6) is 0.639. The van der Waals surface area contributed by atoms with E-state index < -0.39 is 9.53 Å². The van der Waals surface area contributed by atoms with E-state index in [-0.39, 0.29) is 0 Å². The SMILES string of the molecule is O[SiH](OCc1ccccc1)Oc1ccccc1. The average molecular weight is 246 g/mol. The highest BCUT2D eigenvalue weighted by molar-refractivity contribution is 6.35. The molecule has 0 saturated carbocycles. The van der Waals surface area contributed by atoms with Gasteiger partial charge in [0.2, 0.25) is 0 Å². The van der Waals surface area contributed by atoms with Crippen molar-refractivity contribution in [2.24, 2.45) is 0 Å². The minimum Gasteiger partial charge on any atom is -0.503 e. The van der Waals surface area contributed by atoms with Crippen LogP contribution in [-0.2, 0) is 11.0 Å². The van der Waals surface area contributed by atoms with Crippen LogP contribution in [0.2, 0.25) is 0 Å². The normalized spacial score (nSPS) is 12.1. The quantitative estimate of drug-likeness (QED) is 0.820. The highest BCUT2D eigenvalue weighted by Crippen LogP contribution is 2.10. The predicted octanol–water partition coefficient (Wildman–Crippen LogP) is 1.99. The summed E-state index contributed by atoms with van der Waals surface area (Å²) < 4.78 is 10.6. The number of para-hydroxylation sites is 1. The van der Waals surface area contributed by atoms with Gasteiger partial charge in [0.1, 0.15) is 5.75 Å². The zero-order valence-corrected chi connectivity index (χ0v) is 10.5. The summed E-state index contributed by atoms with van der Waals surface area (Å²) in [6.45, 7) is 0.376. The van der Waals surface area contributed by atoms with Crippen molar-refractivity contribution in [3.8, 4) is 5.75 Å². The molecule has 17 heavy (non-hydrogen) atoms. The van der Waals surface area contributed by atoms with Gasteiger partial charge < -0.3 is 13.6 Å². The summed E-state index contributed by atoms with van der Waals surface area (Å²) >= 11 is 0. The Kier molecular flexibility index (Phi) is 4.32. The highest BCUT2D eigenvalue weighted by Gasteiger charge is 2.11. The molecule has 3 nitrogen and oxygen atoms in total. The Morgan fingerprint density at radius 3 is 2.12 bits per heavy atom. The van der Waals surface area contributed by atoms with E-state index in [1.165, 1.54) is 0 Å². The maximum atomic E-state index is 9.66. The molecule has 1 unspecified atom stereocenters. The second kappa shape index (κ2) is 6.20. The first-order valence-electron chi connectivity index (χ1n) is 5.40. The highest BCUT2D eigenvalue weighted by atomic mass is 28.3. The van der Waals surface area contributed by atoms with Crippen molar-refractivity contribution in [2.45, 2.75) is 6.61 Å². The number of hydrogen-bond acceptors (Lipinski definition) is 3. The van der Waals surface area contributed by atoms with Crippen molar-refractivity contribution in [3.05, 3.63) is 66.2 Å². The molecule has 0 spiro atoms. The first-order chi connectivity index (χ1) is 8.34. The third-order valence-electron chi connectivity index (χ3n) is 2.22. The van der Waals surface area contributed by atoms with Crippen molar-refractivity contribution in [1.29, 1.82) is 0 Å². The van der Waals surface area contributed by atoms with Crippen LogP contribution >= 0.6 is 0 Å². The lowest BCUT2D eigenvalue weighted by Crippen LogP contribution is -2.25. The van der Waals surface area contributed by atoms with Gasteiger partial charge in [-0.3, -0.25) is 0 Å².